The molecule has 3 rings (SSSR count). The number of benzene rings is 2. The van der Waals surface area contributed by atoms with Crippen molar-refractivity contribution in [3.05, 3.63) is 59.7 Å². The Bertz CT molecular complexity index is 1080. The number of aliphatic carboxylic acids is 1. The van der Waals surface area contributed by atoms with Crippen LogP contribution in [0, 0.1) is 0 Å². The van der Waals surface area contributed by atoms with Crippen LogP contribution in [0.15, 0.2) is 54.1 Å². The molecule has 0 saturated carbocycles. The summed E-state index contributed by atoms with van der Waals surface area (Å²) in [5.41, 5.74) is 0.893. The predicted octanol–water partition coefficient (Wildman–Crippen LogP) is 2.22. The SMILES string of the molecule is C/C(=C\C(=O)Nc1ccc(C(=O)OCC(=O)Nc2ccc3c(c2)OCCO3)cc1)C(=O)O. The first-order chi connectivity index (χ1) is 15.3. The fraction of sp³-hybridized carbons (Fsp3) is 0.182. The van der Waals surface area contributed by atoms with E-state index in [4.69, 9.17) is 19.3 Å². The minimum atomic E-state index is -1.20. The lowest BCUT2D eigenvalue weighted by molar-refractivity contribution is -0.132. The third-order valence-corrected chi connectivity index (χ3v) is 4.23. The van der Waals surface area contributed by atoms with Gasteiger partial charge in [0.2, 0.25) is 5.91 Å². The third kappa shape index (κ3) is 6.08. The van der Waals surface area contributed by atoms with Crippen LogP contribution in [0.1, 0.15) is 17.3 Å². The number of carboxylic acids is 1. The Morgan fingerprint density at radius 3 is 2.31 bits per heavy atom. The number of carbonyl (C=O) groups is 4. The molecule has 0 spiro atoms. The summed E-state index contributed by atoms with van der Waals surface area (Å²) >= 11 is 0. The lowest BCUT2D eigenvalue weighted by Gasteiger charge is -2.19. The highest BCUT2D eigenvalue weighted by Crippen LogP contribution is 2.32. The van der Waals surface area contributed by atoms with Crippen molar-refractivity contribution in [1.29, 1.82) is 0 Å². The van der Waals surface area contributed by atoms with E-state index in [-0.39, 0.29) is 11.1 Å². The van der Waals surface area contributed by atoms with Crippen molar-refractivity contribution in [1.82, 2.24) is 0 Å². The highest BCUT2D eigenvalue weighted by molar-refractivity contribution is 6.04. The molecular weight excluding hydrogens is 420 g/mol. The summed E-state index contributed by atoms with van der Waals surface area (Å²) in [6.07, 6.45) is 0.949. The van der Waals surface area contributed by atoms with Gasteiger partial charge in [-0.2, -0.15) is 0 Å². The summed E-state index contributed by atoms with van der Waals surface area (Å²) in [6.45, 7) is 1.68. The maximum absolute atomic E-state index is 12.1. The molecule has 0 radical (unpaired) electrons. The number of rotatable bonds is 7. The Morgan fingerprint density at radius 1 is 0.969 bits per heavy atom. The summed E-state index contributed by atoms with van der Waals surface area (Å²) < 4.78 is 15.9. The number of carboxylic acid groups (broad SMARTS) is 1. The minimum absolute atomic E-state index is 0.114. The number of hydrogen-bond donors (Lipinski definition) is 3. The molecule has 0 atom stereocenters. The third-order valence-electron chi connectivity index (χ3n) is 4.23. The molecule has 0 fully saturated rings. The van der Waals surface area contributed by atoms with Crippen LogP contribution in [0.5, 0.6) is 11.5 Å². The van der Waals surface area contributed by atoms with Gasteiger partial charge in [0.15, 0.2) is 18.1 Å². The average molecular weight is 440 g/mol. The molecule has 1 heterocycles. The monoisotopic (exact) mass is 440 g/mol. The molecule has 1 aliphatic rings. The van der Waals surface area contributed by atoms with Gasteiger partial charge >= 0.3 is 11.9 Å². The van der Waals surface area contributed by atoms with Crippen LogP contribution in [0.2, 0.25) is 0 Å². The zero-order valence-electron chi connectivity index (χ0n) is 17.0. The van der Waals surface area contributed by atoms with Crippen LogP contribution in [0.25, 0.3) is 0 Å². The zero-order valence-corrected chi connectivity index (χ0v) is 17.0. The Hall–Kier alpha value is -4.34. The van der Waals surface area contributed by atoms with Crippen molar-refractivity contribution in [3.8, 4) is 11.5 Å². The van der Waals surface area contributed by atoms with Crippen molar-refractivity contribution in [2.24, 2.45) is 0 Å². The van der Waals surface area contributed by atoms with Crippen LogP contribution >= 0.6 is 0 Å². The molecule has 10 nitrogen and oxygen atoms in total. The number of esters is 1. The second kappa shape index (κ2) is 10.1. The van der Waals surface area contributed by atoms with Crippen molar-refractivity contribution in [2.45, 2.75) is 6.92 Å². The van der Waals surface area contributed by atoms with Gasteiger partial charge in [0.05, 0.1) is 5.56 Å². The van der Waals surface area contributed by atoms with Gasteiger partial charge in [0.1, 0.15) is 13.2 Å². The lowest BCUT2D eigenvalue weighted by atomic mass is 10.2. The fourth-order valence-corrected chi connectivity index (χ4v) is 2.66. The van der Waals surface area contributed by atoms with E-state index >= 15 is 0 Å². The van der Waals surface area contributed by atoms with Crippen molar-refractivity contribution in [2.75, 3.05) is 30.5 Å². The number of ether oxygens (including phenoxy) is 3. The van der Waals surface area contributed by atoms with Gasteiger partial charge in [0.25, 0.3) is 5.91 Å². The molecule has 0 bridgehead atoms. The van der Waals surface area contributed by atoms with E-state index in [1.165, 1.54) is 31.2 Å². The number of hydrogen-bond acceptors (Lipinski definition) is 7. The first-order valence-corrected chi connectivity index (χ1v) is 9.51. The molecule has 0 aromatic heterocycles. The molecule has 166 valence electrons. The fourth-order valence-electron chi connectivity index (χ4n) is 2.66. The second-order valence-corrected chi connectivity index (χ2v) is 6.68. The molecule has 10 heteroatoms. The van der Waals surface area contributed by atoms with Crippen molar-refractivity contribution >= 4 is 35.1 Å². The van der Waals surface area contributed by atoms with E-state index < -0.39 is 30.4 Å². The molecular formula is C22H20N2O8. The van der Waals surface area contributed by atoms with Crippen LogP contribution in [0.4, 0.5) is 11.4 Å². The molecule has 0 aliphatic carbocycles. The van der Waals surface area contributed by atoms with Gasteiger partial charge in [-0.05, 0) is 43.3 Å². The molecule has 2 aromatic rings. The van der Waals surface area contributed by atoms with Gasteiger partial charge in [-0.15, -0.1) is 0 Å². The Morgan fingerprint density at radius 2 is 1.62 bits per heavy atom. The normalized spacial score (nSPS) is 12.5. The number of anilines is 2. The lowest BCUT2D eigenvalue weighted by Crippen LogP contribution is -2.21. The van der Waals surface area contributed by atoms with Gasteiger partial charge in [-0.3, -0.25) is 9.59 Å². The van der Waals surface area contributed by atoms with E-state index in [1.807, 2.05) is 0 Å². The first-order valence-electron chi connectivity index (χ1n) is 9.51. The quantitative estimate of drug-likeness (QED) is 0.440. The average Bonchev–Trinajstić information content (AvgIpc) is 2.77. The zero-order chi connectivity index (χ0) is 23.1. The van der Waals surface area contributed by atoms with E-state index in [0.29, 0.717) is 36.1 Å². The predicted molar refractivity (Wildman–Crippen MR) is 113 cm³/mol. The molecule has 2 amide bonds. The maximum Gasteiger partial charge on any atom is 0.338 e. The highest BCUT2D eigenvalue weighted by Gasteiger charge is 2.14. The second-order valence-electron chi connectivity index (χ2n) is 6.68. The number of carbonyl (C=O) groups excluding carboxylic acids is 3. The number of amides is 2. The van der Waals surface area contributed by atoms with Gasteiger partial charge in [-0.25, -0.2) is 9.59 Å². The Balaban J connectivity index is 1.49. The van der Waals surface area contributed by atoms with Crippen LogP contribution in [-0.4, -0.2) is 48.7 Å². The summed E-state index contributed by atoms with van der Waals surface area (Å²) in [4.78, 5) is 46.7. The van der Waals surface area contributed by atoms with Crippen molar-refractivity contribution < 1.29 is 38.5 Å². The molecule has 3 N–H and O–H groups in total. The highest BCUT2D eigenvalue weighted by atomic mass is 16.6. The molecule has 2 aromatic carbocycles. The van der Waals surface area contributed by atoms with Crippen LogP contribution in [0.3, 0.4) is 0 Å². The van der Waals surface area contributed by atoms with Crippen LogP contribution in [-0.2, 0) is 19.1 Å². The maximum atomic E-state index is 12.1. The molecule has 32 heavy (non-hydrogen) atoms. The summed E-state index contributed by atoms with van der Waals surface area (Å²) in [6, 6.07) is 10.7. The van der Waals surface area contributed by atoms with E-state index in [9.17, 15) is 19.2 Å². The van der Waals surface area contributed by atoms with Gasteiger partial charge < -0.3 is 30.0 Å². The van der Waals surface area contributed by atoms with E-state index in [2.05, 4.69) is 10.6 Å². The molecule has 0 saturated heterocycles. The number of nitrogens with one attached hydrogen (secondary N) is 2. The minimum Gasteiger partial charge on any atom is -0.486 e. The van der Waals surface area contributed by atoms with Gasteiger partial charge in [0, 0.05) is 29.1 Å². The summed E-state index contributed by atoms with van der Waals surface area (Å²) in [5.74, 6) is -1.95. The molecule has 1 aliphatic heterocycles. The molecule has 0 unspecified atom stereocenters. The van der Waals surface area contributed by atoms with E-state index in [0.717, 1.165) is 6.08 Å². The topological polar surface area (TPSA) is 140 Å². The number of fused-ring (bicyclic) bond motifs is 1. The Labute approximate surface area is 182 Å². The largest absolute Gasteiger partial charge is 0.486 e. The van der Waals surface area contributed by atoms with E-state index in [1.54, 1.807) is 18.2 Å². The first kappa shape index (κ1) is 22.3. The standard InChI is InChI=1S/C22H20N2O8/c1-13(21(27)28)10-19(25)23-15-4-2-14(3-5-15)22(29)32-12-20(26)24-16-6-7-17-18(11-16)31-9-8-30-17/h2-7,10-11H,8-9,12H2,1H3,(H,23,25)(H,24,26)(H,27,28)/b13-10+. The smallest absolute Gasteiger partial charge is 0.338 e. The summed E-state index contributed by atoms with van der Waals surface area (Å²) in [7, 11) is 0. The van der Waals surface area contributed by atoms with Crippen molar-refractivity contribution in [3.63, 3.8) is 0 Å². The van der Waals surface area contributed by atoms with Gasteiger partial charge in [-0.1, -0.05) is 0 Å². The Kier molecular flexibility index (Phi) is 7.06. The van der Waals surface area contributed by atoms with Crippen LogP contribution < -0.4 is 20.1 Å². The summed E-state index contributed by atoms with van der Waals surface area (Å²) in [5, 5.41) is 13.9.